The Morgan fingerprint density at radius 2 is 1.92 bits per heavy atom. The molecule has 1 aliphatic carbocycles. The second-order valence-electron chi connectivity index (χ2n) is 6.35. The normalized spacial score (nSPS) is 25.0. The number of hydrogen-bond acceptors (Lipinski definition) is 4. The van der Waals surface area contributed by atoms with Gasteiger partial charge in [-0.05, 0) is 36.8 Å². The van der Waals surface area contributed by atoms with Crippen molar-refractivity contribution in [1.82, 2.24) is 0 Å². The average Bonchev–Trinajstić information content (AvgIpc) is 3.32. The van der Waals surface area contributed by atoms with E-state index in [2.05, 4.69) is 0 Å². The lowest BCUT2D eigenvalue weighted by Crippen LogP contribution is -2.33. The number of thiocarbonyl (C=S) groups is 1. The van der Waals surface area contributed by atoms with Gasteiger partial charge in [0.05, 0.1) is 27.2 Å². The second-order valence-corrected chi connectivity index (χ2v) is 8.86. The van der Waals surface area contributed by atoms with Crippen molar-refractivity contribution in [3.8, 4) is 0 Å². The van der Waals surface area contributed by atoms with Crippen LogP contribution in [0.3, 0.4) is 0 Å². The zero-order valence-corrected chi connectivity index (χ0v) is 15.9. The van der Waals surface area contributed by atoms with Gasteiger partial charge in [-0.1, -0.05) is 42.5 Å². The van der Waals surface area contributed by atoms with E-state index in [1.165, 1.54) is 12.1 Å². The molecule has 26 heavy (non-hydrogen) atoms. The summed E-state index contributed by atoms with van der Waals surface area (Å²) in [6, 6.07) is 14.1. The highest BCUT2D eigenvalue weighted by Crippen LogP contribution is 2.64. The number of benzene rings is 2. The highest BCUT2D eigenvalue weighted by Gasteiger charge is 2.73. The summed E-state index contributed by atoms with van der Waals surface area (Å²) in [5.74, 6) is -0.981. The van der Waals surface area contributed by atoms with Gasteiger partial charge in [-0.15, -0.1) is 0 Å². The molecular formula is C19H20FNO3S2. The molecule has 0 aromatic heterocycles. The molecule has 138 valence electrons. The van der Waals surface area contributed by atoms with Gasteiger partial charge in [-0.3, -0.25) is 0 Å². The first-order valence-electron chi connectivity index (χ1n) is 8.27. The Kier molecular flexibility index (Phi) is 5.14. The fourth-order valence-electron chi connectivity index (χ4n) is 3.60. The molecule has 7 heteroatoms. The molecule has 0 amide bonds. The summed E-state index contributed by atoms with van der Waals surface area (Å²) in [6.45, 7) is 2.29. The Balaban J connectivity index is 2.12. The van der Waals surface area contributed by atoms with Crippen molar-refractivity contribution >= 4 is 27.0 Å². The van der Waals surface area contributed by atoms with Crippen molar-refractivity contribution in [2.45, 2.75) is 23.0 Å². The fraction of sp³-hybridized carbons (Fsp3) is 0.316. The van der Waals surface area contributed by atoms with Gasteiger partial charge in [-0.2, -0.15) is 0 Å². The lowest BCUT2D eigenvalue weighted by molar-refractivity contribution is 0.121. The van der Waals surface area contributed by atoms with Crippen LogP contribution >= 0.6 is 12.2 Å². The van der Waals surface area contributed by atoms with Crippen LogP contribution in [0.2, 0.25) is 0 Å². The van der Waals surface area contributed by atoms with Crippen molar-refractivity contribution in [2.24, 2.45) is 11.1 Å². The van der Waals surface area contributed by atoms with E-state index >= 15 is 0 Å². The Hall–Kier alpha value is -1.83. The van der Waals surface area contributed by atoms with Crippen LogP contribution in [0.1, 0.15) is 18.4 Å². The first-order valence-corrected chi connectivity index (χ1v) is 10.2. The van der Waals surface area contributed by atoms with Gasteiger partial charge in [-0.25, -0.2) is 12.8 Å². The topological polar surface area (TPSA) is 69.4 Å². The van der Waals surface area contributed by atoms with Gasteiger partial charge in [0.1, 0.15) is 5.82 Å². The molecule has 2 N–H and O–H groups in total. The lowest BCUT2D eigenvalue weighted by atomic mass is 10.00. The van der Waals surface area contributed by atoms with Crippen molar-refractivity contribution < 1.29 is 17.5 Å². The third-order valence-corrected chi connectivity index (χ3v) is 7.54. The zero-order chi connectivity index (χ0) is 18.9. The fourth-order valence-corrected chi connectivity index (χ4v) is 6.39. The molecule has 0 radical (unpaired) electrons. The monoisotopic (exact) mass is 393 g/mol. The van der Waals surface area contributed by atoms with Gasteiger partial charge in [0.2, 0.25) is 0 Å². The largest absolute Gasteiger partial charge is 0.393 e. The lowest BCUT2D eigenvalue weighted by Gasteiger charge is -2.17. The average molecular weight is 394 g/mol. The van der Waals surface area contributed by atoms with Crippen LogP contribution in [0.25, 0.3) is 0 Å². The van der Waals surface area contributed by atoms with Crippen molar-refractivity contribution in [1.29, 1.82) is 0 Å². The Bertz CT molecular complexity index is 917. The van der Waals surface area contributed by atoms with Crippen LogP contribution in [-0.2, 0) is 14.6 Å². The van der Waals surface area contributed by atoms with Crippen LogP contribution < -0.4 is 5.73 Å². The summed E-state index contributed by atoms with van der Waals surface area (Å²) in [5.41, 5.74) is 5.51. The second kappa shape index (κ2) is 7.06. The molecule has 0 aliphatic heterocycles. The predicted octanol–water partition coefficient (Wildman–Crippen LogP) is 3.07. The van der Waals surface area contributed by atoms with Crippen LogP contribution in [0.4, 0.5) is 4.39 Å². The van der Waals surface area contributed by atoms with Gasteiger partial charge < -0.3 is 10.5 Å². The molecule has 1 fully saturated rings. The molecule has 0 saturated heterocycles. The van der Waals surface area contributed by atoms with E-state index in [4.69, 9.17) is 22.7 Å². The van der Waals surface area contributed by atoms with E-state index in [1.54, 1.807) is 42.5 Å². The molecule has 4 nitrogen and oxygen atoms in total. The summed E-state index contributed by atoms with van der Waals surface area (Å²) in [6.07, 6.45) is 0. The van der Waals surface area contributed by atoms with E-state index < -0.39 is 32.2 Å². The Morgan fingerprint density at radius 1 is 1.23 bits per heavy atom. The number of rotatable bonds is 7. The molecule has 3 atom stereocenters. The van der Waals surface area contributed by atoms with E-state index in [1.807, 2.05) is 6.92 Å². The van der Waals surface area contributed by atoms with Crippen molar-refractivity contribution in [3.05, 3.63) is 66.0 Å². The highest BCUT2D eigenvalue weighted by atomic mass is 32.2. The van der Waals surface area contributed by atoms with Gasteiger partial charge >= 0.3 is 0 Å². The number of nitrogens with two attached hydrogens (primary N) is 1. The van der Waals surface area contributed by atoms with Gasteiger partial charge in [0, 0.05) is 12.5 Å². The SMILES string of the molecule is CCOC[C@]1(C(N)=S)[C@@H](c2cccc(F)c2)[C@@H]1S(=O)(=O)c1ccccc1. The minimum Gasteiger partial charge on any atom is -0.393 e. The van der Waals surface area contributed by atoms with E-state index in [0.717, 1.165) is 0 Å². The standard InChI is InChI=1S/C19H20FNO3S2/c1-2-24-12-19(18(21)25)16(13-7-6-8-14(20)11-13)17(19)26(22,23)15-9-4-3-5-10-15/h3-11,16-17H,2,12H2,1H3,(H2,21,25)/t16-,17-,19-/m0/s1. The van der Waals surface area contributed by atoms with E-state index in [9.17, 15) is 12.8 Å². The van der Waals surface area contributed by atoms with Crippen LogP contribution in [0.15, 0.2) is 59.5 Å². The summed E-state index contributed by atoms with van der Waals surface area (Å²) >= 11 is 5.25. The molecular weight excluding hydrogens is 373 g/mol. The summed E-state index contributed by atoms with van der Waals surface area (Å²) in [4.78, 5) is 0.269. The molecule has 1 aliphatic rings. The Morgan fingerprint density at radius 3 is 2.50 bits per heavy atom. The molecule has 0 unspecified atom stereocenters. The minimum absolute atomic E-state index is 0.0738. The molecule has 0 spiro atoms. The molecule has 2 aromatic rings. The zero-order valence-electron chi connectivity index (χ0n) is 14.3. The number of sulfone groups is 1. The summed E-state index contributed by atoms with van der Waals surface area (Å²) in [7, 11) is -3.73. The third kappa shape index (κ3) is 3.04. The quantitative estimate of drug-likeness (QED) is 0.732. The first-order chi connectivity index (χ1) is 12.4. The third-order valence-electron chi connectivity index (χ3n) is 4.87. The number of hydrogen-bond donors (Lipinski definition) is 1. The smallest absolute Gasteiger partial charge is 0.182 e. The molecule has 1 saturated carbocycles. The van der Waals surface area contributed by atoms with Crippen molar-refractivity contribution in [2.75, 3.05) is 13.2 Å². The van der Waals surface area contributed by atoms with Gasteiger partial charge in [0.25, 0.3) is 0 Å². The maximum absolute atomic E-state index is 13.8. The van der Waals surface area contributed by atoms with E-state index in [-0.39, 0.29) is 16.5 Å². The minimum atomic E-state index is -3.73. The molecule has 3 rings (SSSR count). The van der Waals surface area contributed by atoms with Gasteiger partial charge in [0.15, 0.2) is 9.84 Å². The number of halogens is 1. The summed E-state index contributed by atoms with van der Waals surface area (Å²) < 4.78 is 45.9. The molecule has 0 heterocycles. The highest BCUT2D eigenvalue weighted by molar-refractivity contribution is 7.92. The number of ether oxygens (including phenoxy) is 1. The predicted molar refractivity (Wildman–Crippen MR) is 102 cm³/mol. The maximum Gasteiger partial charge on any atom is 0.182 e. The van der Waals surface area contributed by atoms with Crippen LogP contribution in [0, 0.1) is 11.2 Å². The Labute approximate surface area is 158 Å². The first kappa shape index (κ1) is 18.9. The van der Waals surface area contributed by atoms with Crippen LogP contribution in [-0.4, -0.2) is 31.9 Å². The van der Waals surface area contributed by atoms with E-state index in [0.29, 0.717) is 12.2 Å². The molecule has 0 bridgehead atoms. The summed E-state index contributed by atoms with van der Waals surface area (Å²) in [5, 5.41) is -0.886. The van der Waals surface area contributed by atoms with Crippen LogP contribution in [0.5, 0.6) is 0 Å². The molecule has 2 aromatic carbocycles. The van der Waals surface area contributed by atoms with Crippen molar-refractivity contribution in [3.63, 3.8) is 0 Å². The maximum atomic E-state index is 13.8.